The van der Waals surface area contributed by atoms with Crippen molar-refractivity contribution in [2.75, 3.05) is 33.2 Å². The zero-order valence-electron chi connectivity index (χ0n) is 16.6. The van der Waals surface area contributed by atoms with Gasteiger partial charge in [-0.25, -0.2) is 0 Å². The van der Waals surface area contributed by atoms with Crippen molar-refractivity contribution in [3.63, 3.8) is 0 Å². The maximum absolute atomic E-state index is 12.7. The smallest absolute Gasteiger partial charge is 0.294 e. The summed E-state index contributed by atoms with van der Waals surface area (Å²) in [6, 6.07) is 12.0. The van der Waals surface area contributed by atoms with Crippen LogP contribution in [0.2, 0.25) is 0 Å². The highest BCUT2D eigenvalue weighted by Crippen LogP contribution is 2.34. The van der Waals surface area contributed by atoms with E-state index in [1.54, 1.807) is 48.5 Å². The Bertz CT molecular complexity index is 998. The van der Waals surface area contributed by atoms with Gasteiger partial charge in [-0.1, -0.05) is 12.1 Å². The molecule has 156 valence electrons. The molecule has 0 aromatic heterocycles. The minimum absolute atomic E-state index is 0.209. The standard InChI is InChI=1S/C21H20N2O6S/c1-27-14-8-13(9-15(11-14)28-2)10-18-20(25)23(21(26)30-18)12-19(24)22-16-6-4-5-7-17(16)29-3/h4-11H,12H2,1-3H3,(H,22,24)/b18-10+. The number of benzene rings is 2. The fraction of sp³-hybridized carbons (Fsp3) is 0.190. The fourth-order valence-electron chi connectivity index (χ4n) is 2.78. The summed E-state index contributed by atoms with van der Waals surface area (Å²) in [4.78, 5) is 38.5. The van der Waals surface area contributed by atoms with Gasteiger partial charge in [-0.15, -0.1) is 0 Å². The molecule has 3 rings (SSSR count). The van der Waals surface area contributed by atoms with E-state index >= 15 is 0 Å². The Hall–Kier alpha value is -3.46. The van der Waals surface area contributed by atoms with Crippen LogP contribution in [0.25, 0.3) is 6.08 Å². The highest BCUT2D eigenvalue weighted by atomic mass is 32.2. The van der Waals surface area contributed by atoms with Crippen molar-refractivity contribution < 1.29 is 28.6 Å². The molecule has 0 aliphatic carbocycles. The molecule has 1 aliphatic heterocycles. The van der Waals surface area contributed by atoms with Gasteiger partial charge in [0.2, 0.25) is 5.91 Å². The van der Waals surface area contributed by atoms with E-state index in [1.807, 2.05) is 0 Å². The molecule has 1 fully saturated rings. The van der Waals surface area contributed by atoms with Gasteiger partial charge >= 0.3 is 0 Å². The quantitative estimate of drug-likeness (QED) is 0.676. The summed E-state index contributed by atoms with van der Waals surface area (Å²) in [5.74, 6) is 0.534. The van der Waals surface area contributed by atoms with Crippen molar-refractivity contribution in [2.24, 2.45) is 0 Å². The van der Waals surface area contributed by atoms with Crippen molar-refractivity contribution in [1.29, 1.82) is 0 Å². The number of ether oxygens (including phenoxy) is 3. The molecular formula is C21H20N2O6S. The van der Waals surface area contributed by atoms with Crippen LogP contribution in [0.3, 0.4) is 0 Å². The summed E-state index contributed by atoms with van der Waals surface area (Å²) in [6.45, 7) is -0.401. The molecule has 3 amide bonds. The van der Waals surface area contributed by atoms with Crippen molar-refractivity contribution in [3.05, 3.63) is 52.9 Å². The lowest BCUT2D eigenvalue weighted by Gasteiger charge is -2.14. The van der Waals surface area contributed by atoms with Crippen LogP contribution in [-0.2, 0) is 9.59 Å². The summed E-state index contributed by atoms with van der Waals surface area (Å²) in [5.41, 5.74) is 1.09. The Kier molecular flexibility index (Phi) is 6.63. The normalized spacial score (nSPS) is 14.8. The number of hydrogen-bond acceptors (Lipinski definition) is 7. The highest BCUT2D eigenvalue weighted by Gasteiger charge is 2.36. The van der Waals surface area contributed by atoms with Gasteiger partial charge in [0.1, 0.15) is 23.8 Å². The van der Waals surface area contributed by atoms with Crippen LogP contribution in [0.1, 0.15) is 5.56 Å². The number of thioether (sulfide) groups is 1. The Morgan fingerprint density at radius 2 is 1.70 bits per heavy atom. The van der Waals surface area contributed by atoms with Crippen LogP contribution >= 0.6 is 11.8 Å². The Morgan fingerprint density at radius 3 is 2.33 bits per heavy atom. The van der Waals surface area contributed by atoms with Gasteiger partial charge in [0.25, 0.3) is 11.1 Å². The maximum atomic E-state index is 12.7. The molecule has 0 saturated carbocycles. The SMILES string of the molecule is COc1cc(/C=C2/SC(=O)N(CC(=O)Nc3ccccc3OC)C2=O)cc(OC)c1. The number of hydrogen-bond donors (Lipinski definition) is 1. The summed E-state index contributed by atoms with van der Waals surface area (Å²) in [6.07, 6.45) is 1.56. The van der Waals surface area contributed by atoms with E-state index in [-0.39, 0.29) is 4.91 Å². The molecule has 0 bridgehead atoms. The molecule has 1 heterocycles. The number of nitrogens with one attached hydrogen (secondary N) is 1. The van der Waals surface area contributed by atoms with Crippen molar-refractivity contribution in [1.82, 2.24) is 4.90 Å². The van der Waals surface area contributed by atoms with E-state index in [2.05, 4.69) is 5.32 Å². The molecule has 2 aromatic rings. The van der Waals surface area contributed by atoms with Gasteiger partial charge in [0.05, 0.1) is 31.9 Å². The molecule has 1 saturated heterocycles. The molecule has 0 radical (unpaired) electrons. The number of imide groups is 1. The van der Waals surface area contributed by atoms with Gasteiger partial charge in [-0.05, 0) is 47.7 Å². The molecule has 0 spiro atoms. The lowest BCUT2D eigenvalue weighted by Crippen LogP contribution is -2.36. The van der Waals surface area contributed by atoms with Gasteiger partial charge in [-0.2, -0.15) is 0 Å². The monoisotopic (exact) mass is 428 g/mol. The number of rotatable bonds is 7. The predicted octanol–water partition coefficient (Wildman–Crippen LogP) is 3.39. The summed E-state index contributed by atoms with van der Waals surface area (Å²) in [7, 11) is 4.53. The number of amides is 3. The Balaban J connectivity index is 1.75. The number of anilines is 1. The van der Waals surface area contributed by atoms with E-state index < -0.39 is 23.6 Å². The molecular weight excluding hydrogens is 408 g/mol. The van der Waals surface area contributed by atoms with Crippen molar-refractivity contribution >= 4 is 40.6 Å². The van der Waals surface area contributed by atoms with Crippen LogP contribution < -0.4 is 19.5 Å². The largest absolute Gasteiger partial charge is 0.497 e. The second-order valence-electron chi connectivity index (χ2n) is 6.16. The fourth-order valence-corrected chi connectivity index (χ4v) is 3.62. The Morgan fingerprint density at radius 1 is 1.03 bits per heavy atom. The molecule has 9 heteroatoms. The third-order valence-electron chi connectivity index (χ3n) is 4.23. The molecule has 1 aliphatic rings. The number of carbonyl (C=O) groups is 3. The average molecular weight is 428 g/mol. The predicted molar refractivity (Wildman–Crippen MR) is 114 cm³/mol. The van der Waals surface area contributed by atoms with E-state index in [9.17, 15) is 14.4 Å². The van der Waals surface area contributed by atoms with Crippen LogP contribution in [0, 0.1) is 0 Å². The second-order valence-corrected chi connectivity index (χ2v) is 7.16. The van der Waals surface area contributed by atoms with Crippen LogP contribution in [0.5, 0.6) is 17.2 Å². The number of para-hydroxylation sites is 2. The molecule has 0 unspecified atom stereocenters. The molecule has 8 nitrogen and oxygen atoms in total. The number of methoxy groups -OCH3 is 3. The summed E-state index contributed by atoms with van der Waals surface area (Å²) >= 11 is 0.772. The first kappa shape index (κ1) is 21.3. The van der Waals surface area contributed by atoms with E-state index in [4.69, 9.17) is 14.2 Å². The zero-order valence-corrected chi connectivity index (χ0v) is 17.4. The van der Waals surface area contributed by atoms with Crippen LogP contribution in [-0.4, -0.2) is 49.8 Å². The number of nitrogens with zero attached hydrogens (tertiary/aromatic N) is 1. The lowest BCUT2D eigenvalue weighted by atomic mass is 10.2. The van der Waals surface area contributed by atoms with Gasteiger partial charge in [0, 0.05) is 6.07 Å². The Labute approximate surface area is 177 Å². The maximum Gasteiger partial charge on any atom is 0.294 e. The summed E-state index contributed by atoms with van der Waals surface area (Å²) in [5, 5.41) is 2.13. The average Bonchev–Trinajstić information content (AvgIpc) is 3.01. The van der Waals surface area contributed by atoms with Crippen molar-refractivity contribution in [2.45, 2.75) is 0 Å². The third-order valence-corrected chi connectivity index (χ3v) is 5.14. The van der Waals surface area contributed by atoms with Gasteiger partial charge < -0.3 is 19.5 Å². The second kappa shape index (κ2) is 9.36. The first-order valence-electron chi connectivity index (χ1n) is 8.86. The first-order valence-corrected chi connectivity index (χ1v) is 9.68. The van der Waals surface area contributed by atoms with Crippen molar-refractivity contribution in [3.8, 4) is 17.2 Å². The van der Waals surface area contributed by atoms with E-state index in [1.165, 1.54) is 21.3 Å². The van der Waals surface area contributed by atoms with Crippen LogP contribution in [0.4, 0.5) is 10.5 Å². The molecule has 0 atom stereocenters. The molecule has 1 N–H and O–H groups in total. The van der Waals surface area contributed by atoms with Crippen LogP contribution in [0.15, 0.2) is 47.4 Å². The minimum atomic E-state index is -0.540. The molecule has 30 heavy (non-hydrogen) atoms. The number of carbonyl (C=O) groups excluding carboxylic acids is 3. The van der Waals surface area contributed by atoms with E-state index in [0.29, 0.717) is 28.5 Å². The topological polar surface area (TPSA) is 94.2 Å². The minimum Gasteiger partial charge on any atom is -0.497 e. The lowest BCUT2D eigenvalue weighted by molar-refractivity contribution is -0.127. The van der Waals surface area contributed by atoms with Gasteiger partial charge in [0.15, 0.2) is 0 Å². The first-order chi connectivity index (χ1) is 14.4. The third kappa shape index (κ3) is 4.74. The zero-order chi connectivity index (χ0) is 21.7. The molecule has 2 aromatic carbocycles. The van der Waals surface area contributed by atoms with E-state index in [0.717, 1.165) is 16.7 Å². The highest BCUT2D eigenvalue weighted by molar-refractivity contribution is 8.18. The van der Waals surface area contributed by atoms with Gasteiger partial charge in [-0.3, -0.25) is 19.3 Å². The summed E-state index contributed by atoms with van der Waals surface area (Å²) < 4.78 is 15.6.